The number of carbonyl (C=O) groups is 2. The normalized spacial score (nSPS) is 11.0. The summed E-state index contributed by atoms with van der Waals surface area (Å²) in [6.07, 6.45) is -0.00271. The molecule has 0 spiro atoms. The molecule has 0 aromatic heterocycles. The van der Waals surface area contributed by atoms with E-state index in [1.807, 2.05) is 31.1 Å². The van der Waals surface area contributed by atoms with Gasteiger partial charge >= 0.3 is 0 Å². The van der Waals surface area contributed by atoms with Gasteiger partial charge in [0, 0.05) is 37.2 Å². The van der Waals surface area contributed by atoms with Crippen LogP contribution in [0.1, 0.15) is 23.7 Å². The number of phenolic OH excluding ortho intramolecular Hbond substituents is 2. The highest BCUT2D eigenvalue weighted by atomic mass is 16.3. The maximum atomic E-state index is 12.1. The molecule has 0 aliphatic rings. The molecule has 27 heavy (non-hydrogen) atoms. The second-order valence-corrected chi connectivity index (χ2v) is 6.16. The molecule has 0 aliphatic carbocycles. The van der Waals surface area contributed by atoms with Crippen molar-refractivity contribution in [2.45, 2.75) is 13.3 Å². The zero-order valence-electron chi connectivity index (χ0n) is 15.4. The van der Waals surface area contributed by atoms with E-state index in [1.54, 1.807) is 19.1 Å². The zero-order valence-corrected chi connectivity index (χ0v) is 15.4. The highest BCUT2D eigenvalue weighted by molar-refractivity contribution is 6.06. The molecule has 0 radical (unpaired) electrons. The number of nitrogens with zero attached hydrogens (tertiary/aromatic N) is 2. The zero-order chi connectivity index (χ0) is 20.0. The molecule has 4 N–H and O–H groups in total. The Morgan fingerprint density at radius 2 is 1.74 bits per heavy atom. The Hall–Kier alpha value is -3.55. The number of rotatable bonds is 6. The van der Waals surface area contributed by atoms with E-state index in [9.17, 15) is 19.8 Å². The lowest BCUT2D eigenvalue weighted by molar-refractivity contribution is -0.115. The SMILES string of the molecule is C/C(CC(=O)Nc1ccc(N(C)C)cc1)=N/NC(=O)c1ccc(O)cc1O. The first-order valence-electron chi connectivity index (χ1n) is 8.19. The van der Waals surface area contributed by atoms with Gasteiger partial charge in [-0.25, -0.2) is 5.43 Å². The van der Waals surface area contributed by atoms with Gasteiger partial charge in [0.15, 0.2) is 0 Å². The van der Waals surface area contributed by atoms with Crippen molar-refractivity contribution in [1.29, 1.82) is 0 Å². The van der Waals surface area contributed by atoms with Crippen LogP contribution < -0.4 is 15.6 Å². The molecule has 0 heterocycles. The summed E-state index contributed by atoms with van der Waals surface area (Å²) in [5.74, 6) is -1.43. The van der Waals surface area contributed by atoms with Crippen molar-refractivity contribution in [3.8, 4) is 11.5 Å². The number of aromatic hydroxyl groups is 2. The molecule has 2 aromatic rings. The highest BCUT2D eigenvalue weighted by Crippen LogP contribution is 2.22. The predicted octanol–water partition coefficient (Wildman–Crippen LogP) is 2.30. The standard InChI is InChI=1S/C19H22N4O4/c1-12(21-22-19(27)16-9-8-15(24)11-17(16)25)10-18(26)20-13-4-6-14(7-5-13)23(2)3/h4-9,11,24-25H,10H2,1-3H3,(H,20,26)(H,22,27)/b21-12-. The number of hydrogen-bond donors (Lipinski definition) is 4. The molecular weight excluding hydrogens is 348 g/mol. The first-order valence-corrected chi connectivity index (χ1v) is 8.19. The number of hydrazone groups is 1. The van der Waals surface area contributed by atoms with Gasteiger partial charge in [-0.3, -0.25) is 9.59 Å². The van der Waals surface area contributed by atoms with E-state index < -0.39 is 5.91 Å². The van der Waals surface area contributed by atoms with Crippen LogP contribution in [0.15, 0.2) is 47.6 Å². The second kappa shape index (κ2) is 8.70. The third-order valence-corrected chi connectivity index (χ3v) is 3.66. The van der Waals surface area contributed by atoms with Crippen LogP contribution in [-0.4, -0.2) is 41.8 Å². The van der Waals surface area contributed by atoms with Crippen molar-refractivity contribution in [2.24, 2.45) is 5.10 Å². The number of amides is 2. The molecule has 0 bridgehead atoms. The van der Waals surface area contributed by atoms with Crippen molar-refractivity contribution in [3.63, 3.8) is 0 Å². The number of hydrogen-bond acceptors (Lipinski definition) is 6. The topological polar surface area (TPSA) is 114 Å². The molecular formula is C19H22N4O4. The van der Waals surface area contributed by atoms with Gasteiger partial charge in [-0.1, -0.05) is 0 Å². The number of benzene rings is 2. The van der Waals surface area contributed by atoms with Crippen molar-refractivity contribution < 1.29 is 19.8 Å². The molecule has 0 fully saturated rings. The molecule has 142 valence electrons. The molecule has 0 atom stereocenters. The van der Waals surface area contributed by atoms with E-state index in [4.69, 9.17) is 0 Å². The quantitative estimate of drug-likeness (QED) is 0.460. The van der Waals surface area contributed by atoms with E-state index in [-0.39, 0.29) is 29.4 Å². The minimum Gasteiger partial charge on any atom is -0.508 e. The Morgan fingerprint density at radius 1 is 1.07 bits per heavy atom. The molecule has 0 unspecified atom stereocenters. The summed E-state index contributed by atoms with van der Waals surface area (Å²) in [5, 5.41) is 25.5. The van der Waals surface area contributed by atoms with E-state index in [0.29, 0.717) is 11.4 Å². The summed E-state index contributed by atoms with van der Waals surface area (Å²) in [7, 11) is 3.86. The van der Waals surface area contributed by atoms with Gasteiger partial charge in [-0.2, -0.15) is 5.10 Å². The summed E-state index contributed by atoms with van der Waals surface area (Å²) in [6.45, 7) is 1.60. The summed E-state index contributed by atoms with van der Waals surface area (Å²) in [6, 6.07) is 11.0. The average molecular weight is 370 g/mol. The van der Waals surface area contributed by atoms with Crippen LogP contribution in [-0.2, 0) is 4.79 Å². The van der Waals surface area contributed by atoms with E-state index >= 15 is 0 Å². The smallest absolute Gasteiger partial charge is 0.275 e. The largest absolute Gasteiger partial charge is 0.508 e. The Morgan fingerprint density at radius 3 is 2.33 bits per heavy atom. The van der Waals surface area contributed by atoms with E-state index in [2.05, 4.69) is 15.8 Å². The van der Waals surface area contributed by atoms with Gasteiger partial charge in [0.2, 0.25) is 5.91 Å². The number of carbonyl (C=O) groups excluding carboxylic acids is 2. The van der Waals surface area contributed by atoms with Crippen molar-refractivity contribution >= 4 is 28.9 Å². The third-order valence-electron chi connectivity index (χ3n) is 3.66. The van der Waals surface area contributed by atoms with Gasteiger partial charge in [0.05, 0.1) is 12.0 Å². The fourth-order valence-corrected chi connectivity index (χ4v) is 2.24. The summed E-state index contributed by atoms with van der Waals surface area (Å²) < 4.78 is 0. The lowest BCUT2D eigenvalue weighted by atomic mass is 10.2. The van der Waals surface area contributed by atoms with Gasteiger partial charge in [-0.15, -0.1) is 0 Å². The Balaban J connectivity index is 1.90. The van der Waals surface area contributed by atoms with E-state index in [1.165, 1.54) is 12.1 Å². The van der Waals surface area contributed by atoms with Crippen molar-refractivity contribution in [2.75, 3.05) is 24.3 Å². The van der Waals surface area contributed by atoms with Crippen LogP contribution >= 0.6 is 0 Å². The number of anilines is 2. The van der Waals surface area contributed by atoms with Crippen LogP contribution in [0.5, 0.6) is 11.5 Å². The molecule has 0 saturated heterocycles. The average Bonchev–Trinajstić information content (AvgIpc) is 2.60. The second-order valence-electron chi connectivity index (χ2n) is 6.16. The molecule has 8 nitrogen and oxygen atoms in total. The van der Waals surface area contributed by atoms with Crippen LogP contribution in [0.2, 0.25) is 0 Å². The fraction of sp³-hybridized carbons (Fsp3) is 0.211. The molecule has 0 aliphatic heterocycles. The molecule has 2 aromatic carbocycles. The number of phenols is 2. The van der Waals surface area contributed by atoms with Crippen LogP contribution in [0, 0.1) is 0 Å². The lowest BCUT2D eigenvalue weighted by Crippen LogP contribution is -2.21. The minimum atomic E-state index is -0.647. The molecule has 2 rings (SSSR count). The van der Waals surface area contributed by atoms with E-state index in [0.717, 1.165) is 11.8 Å². The maximum absolute atomic E-state index is 12.1. The van der Waals surface area contributed by atoms with Gasteiger partial charge in [0.25, 0.3) is 5.91 Å². The van der Waals surface area contributed by atoms with Gasteiger partial charge in [-0.05, 0) is 43.3 Å². The molecule has 2 amide bonds. The first-order chi connectivity index (χ1) is 12.8. The van der Waals surface area contributed by atoms with Crippen LogP contribution in [0.25, 0.3) is 0 Å². The Bertz CT molecular complexity index is 861. The van der Waals surface area contributed by atoms with Gasteiger partial charge in [0.1, 0.15) is 11.5 Å². The van der Waals surface area contributed by atoms with Crippen LogP contribution in [0.4, 0.5) is 11.4 Å². The first kappa shape index (κ1) is 19.8. The fourth-order valence-electron chi connectivity index (χ4n) is 2.24. The summed E-state index contributed by atoms with van der Waals surface area (Å²) >= 11 is 0. The van der Waals surface area contributed by atoms with Gasteiger partial charge < -0.3 is 20.4 Å². The Kier molecular flexibility index (Phi) is 6.37. The molecule has 0 saturated carbocycles. The summed E-state index contributed by atoms with van der Waals surface area (Å²) in [5.41, 5.74) is 4.31. The highest BCUT2D eigenvalue weighted by Gasteiger charge is 2.11. The predicted molar refractivity (Wildman–Crippen MR) is 104 cm³/mol. The Labute approximate surface area is 157 Å². The van der Waals surface area contributed by atoms with Crippen molar-refractivity contribution in [3.05, 3.63) is 48.0 Å². The minimum absolute atomic E-state index is 0.00271. The molecule has 8 heteroatoms. The number of nitrogens with one attached hydrogen (secondary N) is 2. The maximum Gasteiger partial charge on any atom is 0.275 e. The van der Waals surface area contributed by atoms with Crippen molar-refractivity contribution in [1.82, 2.24) is 5.43 Å². The summed E-state index contributed by atoms with van der Waals surface area (Å²) in [4.78, 5) is 26.0. The monoisotopic (exact) mass is 370 g/mol. The lowest BCUT2D eigenvalue weighted by Gasteiger charge is -2.13. The van der Waals surface area contributed by atoms with Crippen LogP contribution in [0.3, 0.4) is 0 Å². The third kappa shape index (κ3) is 5.74.